The molecule has 1 N–H and O–H groups in total. The molecule has 2 aromatic rings. The Labute approximate surface area is 137 Å². The van der Waals surface area contributed by atoms with Crippen LogP contribution in [0.4, 0.5) is 0 Å². The van der Waals surface area contributed by atoms with E-state index in [4.69, 9.17) is 0 Å². The Balaban J connectivity index is 1.68. The molecule has 0 bridgehead atoms. The second-order valence-electron chi connectivity index (χ2n) is 6.23. The van der Waals surface area contributed by atoms with E-state index in [1.165, 1.54) is 11.6 Å². The van der Waals surface area contributed by atoms with Gasteiger partial charge in [0.05, 0.1) is 5.69 Å². The van der Waals surface area contributed by atoms with E-state index in [-0.39, 0.29) is 11.2 Å². The van der Waals surface area contributed by atoms with Crippen LogP contribution in [0.1, 0.15) is 37.1 Å². The summed E-state index contributed by atoms with van der Waals surface area (Å²) in [5.74, 6) is -0.0817. The Kier molecular flexibility index (Phi) is 4.82. The van der Waals surface area contributed by atoms with E-state index in [9.17, 15) is 9.90 Å². The molecule has 0 radical (unpaired) electrons. The Morgan fingerprint density at radius 2 is 1.83 bits per heavy atom. The number of nitrogens with zero attached hydrogens (tertiary/aromatic N) is 2. The quantitative estimate of drug-likeness (QED) is 0.944. The summed E-state index contributed by atoms with van der Waals surface area (Å²) in [6, 6.07) is 12.4. The van der Waals surface area contributed by atoms with Gasteiger partial charge in [0.2, 0.25) is 5.43 Å². The van der Waals surface area contributed by atoms with Gasteiger partial charge in [-0.1, -0.05) is 37.3 Å². The molecular formula is C19H24N2O2. The van der Waals surface area contributed by atoms with Crippen LogP contribution in [0.2, 0.25) is 0 Å². The summed E-state index contributed by atoms with van der Waals surface area (Å²) in [5, 5.41) is 10.0. The zero-order valence-electron chi connectivity index (χ0n) is 13.6. The van der Waals surface area contributed by atoms with Crippen LogP contribution < -0.4 is 5.43 Å². The van der Waals surface area contributed by atoms with Crippen molar-refractivity contribution in [2.24, 2.45) is 0 Å². The molecule has 0 aliphatic carbocycles. The van der Waals surface area contributed by atoms with E-state index in [1.54, 1.807) is 0 Å². The highest BCUT2D eigenvalue weighted by Gasteiger charge is 2.22. The van der Waals surface area contributed by atoms with Gasteiger partial charge in [-0.05, 0) is 24.8 Å². The number of rotatable bonds is 4. The molecule has 1 aliphatic heterocycles. The Morgan fingerprint density at radius 3 is 2.48 bits per heavy atom. The molecule has 0 amide bonds. The predicted molar refractivity (Wildman–Crippen MR) is 91.7 cm³/mol. The highest BCUT2D eigenvalue weighted by Crippen LogP contribution is 2.27. The topological polar surface area (TPSA) is 45.5 Å². The summed E-state index contributed by atoms with van der Waals surface area (Å²) in [6.45, 7) is 5.05. The Hall–Kier alpha value is -2.07. The van der Waals surface area contributed by atoms with Gasteiger partial charge in [-0.2, -0.15) is 0 Å². The van der Waals surface area contributed by atoms with Gasteiger partial charge < -0.3 is 9.67 Å². The number of aromatic nitrogens is 1. The van der Waals surface area contributed by atoms with Crippen molar-refractivity contribution in [1.29, 1.82) is 0 Å². The molecule has 3 rings (SSSR count). The number of benzene rings is 1. The minimum atomic E-state index is -0.278. The monoisotopic (exact) mass is 312 g/mol. The SMILES string of the molecule is CCc1c(O)c(=O)ccn1C1CCN(Cc2ccccc2)CC1. The number of piperidine rings is 1. The molecule has 0 atom stereocenters. The molecule has 2 heterocycles. The average molecular weight is 312 g/mol. The molecule has 4 heteroatoms. The highest BCUT2D eigenvalue weighted by atomic mass is 16.3. The smallest absolute Gasteiger partial charge is 0.223 e. The van der Waals surface area contributed by atoms with Crippen molar-refractivity contribution >= 4 is 0 Å². The first-order chi connectivity index (χ1) is 11.2. The molecule has 122 valence electrons. The summed E-state index contributed by atoms with van der Waals surface area (Å²) >= 11 is 0. The van der Waals surface area contributed by atoms with E-state index in [0.29, 0.717) is 12.5 Å². The van der Waals surface area contributed by atoms with Crippen LogP contribution in [0, 0.1) is 0 Å². The van der Waals surface area contributed by atoms with Crippen molar-refractivity contribution in [2.75, 3.05) is 13.1 Å². The van der Waals surface area contributed by atoms with Crippen molar-refractivity contribution in [3.8, 4) is 5.75 Å². The van der Waals surface area contributed by atoms with Gasteiger partial charge >= 0.3 is 0 Å². The van der Waals surface area contributed by atoms with Gasteiger partial charge in [-0.3, -0.25) is 9.69 Å². The van der Waals surface area contributed by atoms with Crippen LogP contribution in [0.25, 0.3) is 0 Å². The minimum Gasteiger partial charge on any atom is -0.503 e. The molecule has 1 fully saturated rings. The molecule has 1 aromatic carbocycles. The van der Waals surface area contributed by atoms with Crippen LogP contribution >= 0.6 is 0 Å². The molecule has 23 heavy (non-hydrogen) atoms. The summed E-state index contributed by atoms with van der Waals surface area (Å²) in [7, 11) is 0. The van der Waals surface area contributed by atoms with Crippen LogP contribution in [0.3, 0.4) is 0 Å². The van der Waals surface area contributed by atoms with E-state index in [1.807, 2.05) is 19.2 Å². The maximum Gasteiger partial charge on any atom is 0.223 e. The number of likely N-dealkylation sites (tertiary alicyclic amines) is 1. The van der Waals surface area contributed by atoms with Gasteiger partial charge in [0.25, 0.3) is 0 Å². The fraction of sp³-hybridized carbons (Fsp3) is 0.421. The third-order valence-corrected chi connectivity index (χ3v) is 4.74. The first kappa shape index (κ1) is 15.8. The minimum absolute atomic E-state index is 0.0817. The largest absolute Gasteiger partial charge is 0.503 e. The van der Waals surface area contributed by atoms with E-state index in [2.05, 4.69) is 33.7 Å². The molecule has 0 saturated carbocycles. The van der Waals surface area contributed by atoms with Crippen LogP contribution in [0.15, 0.2) is 47.4 Å². The molecule has 1 aromatic heterocycles. The second kappa shape index (κ2) is 7.01. The van der Waals surface area contributed by atoms with E-state index >= 15 is 0 Å². The number of aromatic hydroxyl groups is 1. The van der Waals surface area contributed by atoms with E-state index in [0.717, 1.165) is 38.2 Å². The van der Waals surface area contributed by atoms with E-state index < -0.39 is 0 Å². The summed E-state index contributed by atoms with van der Waals surface area (Å²) < 4.78 is 2.11. The lowest BCUT2D eigenvalue weighted by atomic mass is 10.0. The molecule has 0 unspecified atom stereocenters. The lowest BCUT2D eigenvalue weighted by Gasteiger charge is -2.34. The molecule has 1 saturated heterocycles. The number of hydrogen-bond donors (Lipinski definition) is 1. The molecule has 4 nitrogen and oxygen atoms in total. The molecular weight excluding hydrogens is 288 g/mol. The van der Waals surface area contributed by atoms with Gasteiger partial charge in [-0.15, -0.1) is 0 Å². The van der Waals surface area contributed by atoms with Crippen molar-refractivity contribution in [3.63, 3.8) is 0 Å². The predicted octanol–water partition coefficient (Wildman–Crippen LogP) is 2.95. The fourth-order valence-electron chi connectivity index (χ4n) is 3.47. The van der Waals surface area contributed by atoms with Crippen molar-refractivity contribution < 1.29 is 5.11 Å². The average Bonchev–Trinajstić information content (AvgIpc) is 2.59. The molecule has 1 aliphatic rings. The number of pyridine rings is 1. The van der Waals surface area contributed by atoms with Crippen molar-refractivity contribution in [3.05, 3.63) is 64.1 Å². The highest BCUT2D eigenvalue weighted by molar-refractivity contribution is 5.27. The van der Waals surface area contributed by atoms with Crippen LogP contribution in [-0.2, 0) is 13.0 Å². The first-order valence-corrected chi connectivity index (χ1v) is 8.38. The van der Waals surface area contributed by atoms with Crippen molar-refractivity contribution in [1.82, 2.24) is 9.47 Å². The summed E-state index contributed by atoms with van der Waals surface area (Å²) in [6.07, 6.45) is 4.61. The first-order valence-electron chi connectivity index (χ1n) is 8.38. The van der Waals surface area contributed by atoms with Crippen molar-refractivity contribution in [2.45, 2.75) is 38.8 Å². The van der Waals surface area contributed by atoms with Gasteiger partial charge in [-0.25, -0.2) is 0 Å². The third kappa shape index (κ3) is 3.48. The Morgan fingerprint density at radius 1 is 1.13 bits per heavy atom. The standard InChI is InChI=1S/C19H24N2O2/c1-2-17-19(23)18(22)10-13-21(17)16-8-11-20(12-9-16)14-15-6-4-3-5-7-15/h3-7,10,13,16,23H,2,8-9,11-12,14H2,1H3. The third-order valence-electron chi connectivity index (χ3n) is 4.74. The zero-order chi connectivity index (χ0) is 16.2. The maximum atomic E-state index is 11.6. The van der Waals surface area contributed by atoms with Crippen LogP contribution in [-0.4, -0.2) is 27.7 Å². The summed E-state index contributed by atoms with van der Waals surface area (Å²) in [5.41, 5.74) is 1.83. The fourth-order valence-corrected chi connectivity index (χ4v) is 3.47. The lowest BCUT2D eigenvalue weighted by Crippen LogP contribution is -2.35. The van der Waals surface area contributed by atoms with Gasteiger partial charge in [0, 0.05) is 37.9 Å². The van der Waals surface area contributed by atoms with Gasteiger partial charge in [0.15, 0.2) is 5.75 Å². The second-order valence-corrected chi connectivity index (χ2v) is 6.23. The van der Waals surface area contributed by atoms with Gasteiger partial charge in [0.1, 0.15) is 0 Å². The zero-order valence-corrected chi connectivity index (χ0v) is 13.6. The maximum absolute atomic E-state index is 11.6. The summed E-state index contributed by atoms with van der Waals surface area (Å²) in [4.78, 5) is 14.1. The van der Waals surface area contributed by atoms with Crippen LogP contribution in [0.5, 0.6) is 5.75 Å². The lowest BCUT2D eigenvalue weighted by molar-refractivity contribution is 0.177. The normalized spacial score (nSPS) is 16.6. The number of hydrogen-bond acceptors (Lipinski definition) is 3. The molecule has 0 spiro atoms. The Bertz CT molecular complexity index is 701.